The SMILES string of the molecule is CCN(CC1CCCNC1)C(=O)c1ccc(O)c(C)c1. The van der Waals surface area contributed by atoms with Gasteiger partial charge in [0.1, 0.15) is 5.75 Å². The molecule has 4 nitrogen and oxygen atoms in total. The van der Waals surface area contributed by atoms with Crippen LogP contribution in [0.2, 0.25) is 0 Å². The maximum absolute atomic E-state index is 12.5. The summed E-state index contributed by atoms with van der Waals surface area (Å²) in [5.74, 6) is 0.841. The third-order valence-corrected chi connectivity index (χ3v) is 3.99. The van der Waals surface area contributed by atoms with Crippen LogP contribution in [0.5, 0.6) is 5.75 Å². The number of benzene rings is 1. The van der Waals surface area contributed by atoms with E-state index in [-0.39, 0.29) is 11.7 Å². The van der Waals surface area contributed by atoms with Crippen LogP contribution in [0.15, 0.2) is 18.2 Å². The predicted molar refractivity (Wildman–Crippen MR) is 80.0 cm³/mol. The number of hydrogen-bond acceptors (Lipinski definition) is 3. The van der Waals surface area contributed by atoms with Gasteiger partial charge in [-0.15, -0.1) is 0 Å². The van der Waals surface area contributed by atoms with Crippen LogP contribution in [0.25, 0.3) is 0 Å². The van der Waals surface area contributed by atoms with Crippen molar-refractivity contribution in [3.05, 3.63) is 29.3 Å². The lowest BCUT2D eigenvalue weighted by atomic mass is 9.98. The van der Waals surface area contributed by atoms with Crippen molar-refractivity contribution in [1.29, 1.82) is 0 Å². The smallest absolute Gasteiger partial charge is 0.253 e. The van der Waals surface area contributed by atoms with Gasteiger partial charge in [0.15, 0.2) is 0 Å². The highest BCUT2D eigenvalue weighted by Gasteiger charge is 2.20. The number of aryl methyl sites for hydroxylation is 1. The average Bonchev–Trinajstić information content (AvgIpc) is 2.48. The fraction of sp³-hybridized carbons (Fsp3) is 0.562. The van der Waals surface area contributed by atoms with E-state index in [0.29, 0.717) is 11.5 Å². The molecule has 1 aliphatic heterocycles. The number of rotatable bonds is 4. The summed E-state index contributed by atoms with van der Waals surface area (Å²) < 4.78 is 0. The van der Waals surface area contributed by atoms with Gasteiger partial charge in [0.2, 0.25) is 0 Å². The minimum atomic E-state index is 0.0566. The Morgan fingerprint density at radius 3 is 2.90 bits per heavy atom. The first kappa shape index (κ1) is 14.9. The van der Waals surface area contributed by atoms with Gasteiger partial charge in [0.25, 0.3) is 5.91 Å². The summed E-state index contributed by atoms with van der Waals surface area (Å²) in [7, 11) is 0. The van der Waals surface area contributed by atoms with Gasteiger partial charge >= 0.3 is 0 Å². The summed E-state index contributed by atoms with van der Waals surface area (Å²) in [6.07, 6.45) is 2.38. The molecular weight excluding hydrogens is 252 g/mol. The summed E-state index contributed by atoms with van der Waals surface area (Å²) >= 11 is 0. The van der Waals surface area contributed by atoms with E-state index in [2.05, 4.69) is 5.32 Å². The summed E-state index contributed by atoms with van der Waals surface area (Å²) in [5, 5.41) is 12.9. The Hall–Kier alpha value is -1.55. The van der Waals surface area contributed by atoms with Crippen molar-refractivity contribution in [3.8, 4) is 5.75 Å². The zero-order valence-electron chi connectivity index (χ0n) is 12.4. The minimum absolute atomic E-state index is 0.0566. The molecule has 1 aromatic carbocycles. The molecule has 0 aromatic heterocycles. The quantitative estimate of drug-likeness (QED) is 0.886. The molecule has 0 saturated carbocycles. The number of nitrogens with one attached hydrogen (secondary N) is 1. The number of aromatic hydroxyl groups is 1. The van der Waals surface area contributed by atoms with Crippen LogP contribution in [-0.2, 0) is 0 Å². The number of nitrogens with zero attached hydrogens (tertiary/aromatic N) is 1. The van der Waals surface area contributed by atoms with Crippen molar-refractivity contribution >= 4 is 5.91 Å². The first-order valence-electron chi connectivity index (χ1n) is 7.41. The normalized spacial score (nSPS) is 18.8. The maximum atomic E-state index is 12.5. The topological polar surface area (TPSA) is 52.6 Å². The predicted octanol–water partition coefficient (Wildman–Crippen LogP) is 2.16. The molecule has 2 rings (SSSR count). The number of phenols is 1. The van der Waals surface area contributed by atoms with Crippen molar-refractivity contribution in [2.24, 2.45) is 5.92 Å². The van der Waals surface area contributed by atoms with Crippen LogP contribution in [0.4, 0.5) is 0 Å². The number of carbonyl (C=O) groups excluding carboxylic acids is 1. The van der Waals surface area contributed by atoms with E-state index in [1.165, 1.54) is 12.8 Å². The Balaban J connectivity index is 2.05. The van der Waals surface area contributed by atoms with Crippen LogP contribution in [0.1, 0.15) is 35.7 Å². The fourth-order valence-electron chi connectivity index (χ4n) is 2.72. The Morgan fingerprint density at radius 2 is 2.30 bits per heavy atom. The third kappa shape index (κ3) is 3.51. The highest BCUT2D eigenvalue weighted by atomic mass is 16.3. The lowest BCUT2D eigenvalue weighted by Gasteiger charge is -2.29. The van der Waals surface area contributed by atoms with Crippen LogP contribution >= 0.6 is 0 Å². The Kier molecular flexibility index (Phi) is 5.01. The van der Waals surface area contributed by atoms with Gasteiger partial charge in [-0.2, -0.15) is 0 Å². The Labute approximate surface area is 120 Å². The molecule has 1 aromatic rings. The van der Waals surface area contributed by atoms with E-state index in [1.807, 2.05) is 18.7 Å². The van der Waals surface area contributed by atoms with E-state index >= 15 is 0 Å². The molecule has 0 radical (unpaired) electrons. The van der Waals surface area contributed by atoms with Crippen molar-refractivity contribution in [1.82, 2.24) is 10.2 Å². The maximum Gasteiger partial charge on any atom is 0.253 e. The van der Waals surface area contributed by atoms with Crippen LogP contribution in [0, 0.1) is 12.8 Å². The van der Waals surface area contributed by atoms with Crippen LogP contribution in [0.3, 0.4) is 0 Å². The molecule has 1 atom stereocenters. The third-order valence-electron chi connectivity index (χ3n) is 3.99. The van der Waals surface area contributed by atoms with Crippen LogP contribution < -0.4 is 5.32 Å². The molecule has 1 aliphatic rings. The fourth-order valence-corrected chi connectivity index (χ4v) is 2.72. The van der Waals surface area contributed by atoms with Crippen LogP contribution in [-0.4, -0.2) is 42.1 Å². The molecule has 110 valence electrons. The lowest BCUT2D eigenvalue weighted by Crippen LogP contribution is -2.41. The number of piperidine rings is 1. The monoisotopic (exact) mass is 276 g/mol. The van der Waals surface area contributed by atoms with Gasteiger partial charge in [-0.05, 0) is 69.5 Å². The first-order valence-corrected chi connectivity index (χ1v) is 7.41. The van der Waals surface area contributed by atoms with Crippen molar-refractivity contribution in [2.75, 3.05) is 26.2 Å². The van der Waals surface area contributed by atoms with Gasteiger partial charge < -0.3 is 15.3 Å². The van der Waals surface area contributed by atoms with Crippen molar-refractivity contribution in [3.63, 3.8) is 0 Å². The molecule has 0 spiro atoms. The highest BCUT2D eigenvalue weighted by Crippen LogP contribution is 2.19. The molecule has 20 heavy (non-hydrogen) atoms. The lowest BCUT2D eigenvalue weighted by molar-refractivity contribution is 0.0729. The average molecular weight is 276 g/mol. The van der Waals surface area contributed by atoms with Gasteiger partial charge in [-0.3, -0.25) is 4.79 Å². The highest BCUT2D eigenvalue weighted by molar-refractivity contribution is 5.94. The van der Waals surface area contributed by atoms with E-state index in [4.69, 9.17) is 0 Å². The Morgan fingerprint density at radius 1 is 1.50 bits per heavy atom. The van der Waals surface area contributed by atoms with E-state index < -0.39 is 0 Å². The van der Waals surface area contributed by atoms with E-state index in [9.17, 15) is 9.90 Å². The molecule has 1 saturated heterocycles. The van der Waals surface area contributed by atoms with Gasteiger partial charge in [-0.25, -0.2) is 0 Å². The van der Waals surface area contributed by atoms with Gasteiger partial charge in [0, 0.05) is 18.7 Å². The molecular formula is C16H24N2O2. The second-order valence-corrected chi connectivity index (χ2v) is 5.56. The zero-order chi connectivity index (χ0) is 14.5. The van der Waals surface area contributed by atoms with Crippen molar-refractivity contribution in [2.45, 2.75) is 26.7 Å². The number of hydrogen-bond donors (Lipinski definition) is 2. The largest absolute Gasteiger partial charge is 0.508 e. The van der Waals surface area contributed by atoms with Gasteiger partial charge in [-0.1, -0.05) is 0 Å². The minimum Gasteiger partial charge on any atom is -0.508 e. The number of phenolic OH excluding ortho intramolecular Hbond substituents is 1. The van der Waals surface area contributed by atoms with Crippen molar-refractivity contribution < 1.29 is 9.90 Å². The summed E-state index contributed by atoms with van der Waals surface area (Å²) in [6.45, 7) is 7.44. The van der Waals surface area contributed by atoms with Gasteiger partial charge in [0.05, 0.1) is 0 Å². The summed E-state index contributed by atoms with van der Waals surface area (Å²) in [4.78, 5) is 14.4. The molecule has 4 heteroatoms. The molecule has 1 heterocycles. The van der Waals surface area contributed by atoms with E-state index in [0.717, 1.165) is 31.7 Å². The number of amides is 1. The molecule has 1 amide bonds. The molecule has 1 fully saturated rings. The second-order valence-electron chi connectivity index (χ2n) is 5.56. The number of carbonyl (C=O) groups is 1. The summed E-state index contributed by atoms with van der Waals surface area (Å²) in [6, 6.07) is 5.06. The molecule has 0 bridgehead atoms. The van der Waals surface area contributed by atoms with E-state index in [1.54, 1.807) is 18.2 Å². The second kappa shape index (κ2) is 6.75. The first-order chi connectivity index (χ1) is 9.61. The zero-order valence-corrected chi connectivity index (χ0v) is 12.4. The Bertz CT molecular complexity index is 468. The molecule has 2 N–H and O–H groups in total. The molecule has 1 unspecified atom stereocenters. The summed E-state index contributed by atoms with van der Waals surface area (Å²) in [5.41, 5.74) is 1.40. The molecule has 0 aliphatic carbocycles. The standard InChI is InChI=1S/C16H24N2O2/c1-3-18(11-13-5-4-8-17-10-13)16(20)14-6-7-15(19)12(2)9-14/h6-7,9,13,17,19H,3-5,8,10-11H2,1-2H3.